The van der Waals surface area contributed by atoms with Crippen LogP contribution in [0.15, 0.2) is 22.7 Å². The zero-order valence-electron chi connectivity index (χ0n) is 9.93. The van der Waals surface area contributed by atoms with Crippen LogP contribution in [0, 0.1) is 5.92 Å². The van der Waals surface area contributed by atoms with Gasteiger partial charge >= 0.3 is 5.97 Å². The number of fused-ring (bicyclic) bond motifs is 1. The molecule has 17 heavy (non-hydrogen) atoms. The van der Waals surface area contributed by atoms with Crippen molar-refractivity contribution in [1.29, 1.82) is 0 Å². The fourth-order valence-corrected chi connectivity index (χ4v) is 1.85. The van der Waals surface area contributed by atoms with Gasteiger partial charge in [0.15, 0.2) is 5.58 Å². The third-order valence-electron chi connectivity index (χ3n) is 2.57. The molecule has 4 nitrogen and oxygen atoms in total. The molecule has 2 aromatic rings. The predicted molar refractivity (Wildman–Crippen MR) is 63.9 cm³/mol. The van der Waals surface area contributed by atoms with Gasteiger partial charge < -0.3 is 9.63 Å². The third kappa shape index (κ3) is 2.64. The highest BCUT2D eigenvalue weighted by atomic mass is 16.5. The Bertz CT molecular complexity index is 543. The molecule has 0 unspecified atom stereocenters. The zero-order valence-corrected chi connectivity index (χ0v) is 9.93. The van der Waals surface area contributed by atoms with Crippen molar-refractivity contribution in [2.75, 3.05) is 0 Å². The van der Waals surface area contributed by atoms with Crippen LogP contribution < -0.4 is 0 Å². The second kappa shape index (κ2) is 4.57. The van der Waals surface area contributed by atoms with E-state index < -0.39 is 5.97 Å². The molecule has 0 saturated carbocycles. The van der Waals surface area contributed by atoms with E-state index >= 15 is 0 Å². The average Bonchev–Trinajstić information content (AvgIpc) is 2.59. The Kier molecular flexibility index (Phi) is 3.13. The van der Waals surface area contributed by atoms with E-state index in [2.05, 4.69) is 19.0 Å². The fourth-order valence-electron chi connectivity index (χ4n) is 1.85. The SMILES string of the molecule is CC(C)Cc1noc2ccc(CC(=O)O)cc12. The highest BCUT2D eigenvalue weighted by Gasteiger charge is 2.11. The van der Waals surface area contributed by atoms with Crippen molar-refractivity contribution >= 4 is 16.9 Å². The summed E-state index contributed by atoms with van der Waals surface area (Å²) in [7, 11) is 0. The zero-order chi connectivity index (χ0) is 12.4. The van der Waals surface area contributed by atoms with E-state index in [-0.39, 0.29) is 6.42 Å². The number of hydrogen-bond donors (Lipinski definition) is 1. The lowest BCUT2D eigenvalue weighted by molar-refractivity contribution is -0.136. The van der Waals surface area contributed by atoms with Gasteiger partial charge in [-0.25, -0.2) is 0 Å². The Morgan fingerprint density at radius 1 is 1.47 bits per heavy atom. The topological polar surface area (TPSA) is 63.3 Å². The van der Waals surface area contributed by atoms with Crippen LogP contribution in [0.4, 0.5) is 0 Å². The molecule has 0 atom stereocenters. The monoisotopic (exact) mass is 233 g/mol. The number of benzene rings is 1. The van der Waals surface area contributed by atoms with Crippen molar-refractivity contribution in [1.82, 2.24) is 5.16 Å². The van der Waals surface area contributed by atoms with Crippen molar-refractivity contribution in [3.63, 3.8) is 0 Å². The van der Waals surface area contributed by atoms with E-state index in [1.54, 1.807) is 12.1 Å². The minimum absolute atomic E-state index is 0.0300. The molecule has 0 bridgehead atoms. The molecule has 0 aliphatic carbocycles. The van der Waals surface area contributed by atoms with Gasteiger partial charge in [-0.05, 0) is 30.0 Å². The molecule has 0 spiro atoms. The highest BCUT2D eigenvalue weighted by molar-refractivity contribution is 5.81. The first kappa shape index (κ1) is 11.6. The summed E-state index contributed by atoms with van der Waals surface area (Å²) in [6.07, 6.45) is 0.867. The lowest BCUT2D eigenvalue weighted by Gasteiger charge is -2.01. The highest BCUT2D eigenvalue weighted by Crippen LogP contribution is 2.22. The summed E-state index contributed by atoms with van der Waals surface area (Å²) >= 11 is 0. The molecule has 90 valence electrons. The lowest BCUT2D eigenvalue weighted by Crippen LogP contribution is -2.00. The molecule has 1 aromatic carbocycles. The number of aromatic nitrogens is 1. The number of hydrogen-bond acceptors (Lipinski definition) is 3. The van der Waals surface area contributed by atoms with Gasteiger partial charge in [0.1, 0.15) is 0 Å². The van der Waals surface area contributed by atoms with Crippen LogP contribution in [-0.4, -0.2) is 16.2 Å². The van der Waals surface area contributed by atoms with E-state index in [9.17, 15) is 4.79 Å². The van der Waals surface area contributed by atoms with Gasteiger partial charge in [0.05, 0.1) is 12.1 Å². The number of nitrogens with zero attached hydrogens (tertiary/aromatic N) is 1. The Hall–Kier alpha value is -1.84. The number of aliphatic carboxylic acids is 1. The van der Waals surface area contributed by atoms with Gasteiger partial charge in [-0.2, -0.15) is 0 Å². The fraction of sp³-hybridized carbons (Fsp3) is 0.385. The first-order valence-corrected chi connectivity index (χ1v) is 5.65. The smallest absolute Gasteiger partial charge is 0.307 e. The molecule has 1 heterocycles. The summed E-state index contributed by atoms with van der Waals surface area (Å²) in [4.78, 5) is 10.7. The Balaban J connectivity index is 2.39. The summed E-state index contributed by atoms with van der Waals surface area (Å²) in [5, 5.41) is 13.7. The van der Waals surface area contributed by atoms with Gasteiger partial charge in [-0.3, -0.25) is 4.79 Å². The molecule has 1 aromatic heterocycles. The van der Waals surface area contributed by atoms with E-state index in [0.717, 1.165) is 28.6 Å². The van der Waals surface area contributed by atoms with Gasteiger partial charge in [0, 0.05) is 5.39 Å². The summed E-state index contributed by atoms with van der Waals surface area (Å²) in [5.74, 6) is -0.336. The Morgan fingerprint density at radius 3 is 2.88 bits per heavy atom. The van der Waals surface area contributed by atoms with Crippen molar-refractivity contribution in [3.8, 4) is 0 Å². The molecule has 0 aliphatic heterocycles. The van der Waals surface area contributed by atoms with Gasteiger partial charge in [0.25, 0.3) is 0 Å². The molecular formula is C13H15NO3. The van der Waals surface area contributed by atoms with Crippen molar-refractivity contribution in [3.05, 3.63) is 29.5 Å². The molecule has 4 heteroatoms. The largest absolute Gasteiger partial charge is 0.481 e. The van der Waals surface area contributed by atoms with Crippen molar-refractivity contribution in [2.24, 2.45) is 5.92 Å². The van der Waals surface area contributed by atoms with Crippen molar-refractivity contribution in [2.45, 2.75) is 26.7 Å². The van der Waals surface area contributed by atoms with Crippen LogP contribution in [0.1, 0.15) is 25.1 Å². The van der Waals surface area contributed by atoms with Crippen LogP contribution in [0.3, 0.4) is 0 Å². The third-order valence-corrected chi connectivity index (χ3v) is 2.57. The number of carboxylic acids is 1. The first-order chi connectivity index (χ1) is 8.06. The van der Waals surface area contributed by atoms with Crippen LogP contribution in [0.5, 0.6) is 0 Å². The second-order valence-corrected chi connectivity index (χ2v) is 4.63. The maximum atomic E-state index is 10.7. The van der Waals surface area contributed by atoms with Gasteiger partial charge in [0.2, 0.25) is 0 Å². The van der Waals surface area contributed by atoms with E-state index in [1.807, 2.05) is 6.07 Å². The number of carboxylic acid groups (broad SMARTS) is 1. The van der Waals surface area contributed by atoms with E-state index in [1.165, 1.54) is 0 Å². The Labute approximate surface area is 99.2 Å². The van der Waals surface area contributed by atoms with Crippen LogP contribution in [0.2, 0.25) is 0 Å². The van der Waals surface area contributed by atoms with Crippen molar-refractivity contribution < 1.29 is 14.4 Å². The molecule has 1 N–H and O–H groups in total. The maximum Gasteiger partial charge on any atom is 0.307 e. The average molecular weight is 233 g/mol. The molecule has 0 amide bonds. The molecule has 0 fully saturated rings. The second-order valence-electron chi connectivity index (χ2n) is 4.63. The lowest BCUT2D eigenvalue weighted by atomic mass is 10.0. The summed E-state index contributed by atoms with van der Waals surface area (Å²) in [6.45, 7) is 4.23. The van der Waals surface area contributed by atoms with Gasteiger partial charge in [-0.1, -0.05) is 25.1 Å². The van der Waals surface area contributed by atoms with Crippen LogP contribution in [0.25, 0.3) is 11.0 Å². The molecular weight excluding hydrogens is 218 g/mol. The van der Waals surface area contributed by atoms with E-state index in [4.69, 9.17) is 9.63 Å². The predicted octanol–water partition coefficient (Wildman–Crippen LogP) is 2.65. The maximum absolute atomic E-state index is 10.7. The van der Waals surface area contributed by atoms with Gasteiger partial charge in [-0.15, -0.1) is 0 Å². The number of carbonyl (C=O) groups is 1. The standard InChI is InChI=1S/C13H15NO3/c1-8(2)5-11-10-6-9(7-13(15)16)3-4-12(10)17-14-11/h3-4,6,8H,5,7H2,1-2H3,(H,15,16). The molecule has 2 rings (SSSR count). The molecule has 0 saturated heterocycles. The minimum Gasteiger partial charge on any atom is -0.481 e. The summed E-state index contributed by atoms with van der Waals surface area (Å²) < 4.78 is 5.21. The van der Waals surface area contributed by atoms with Crippen LogP contribution in [-0.2, 0) is 17.6 Å². The summed E-state index contributed by atoms with van der Waals surface area (Å²) in [5.41, 5.74) is 2.40. The molecule has 0 aliphatic rings. The number of rotatable bonds is 4. The van der Waals surface area contributed by atoms with Crippen LogP contribution >= 0.6 is 0 Å². The first-order valence-electron chi connectivity index (χ1n) is 5.65. The normalized spacial score (nSPS) is 11.2. The summed E-state index contributed by atoms with van der Waals surface area (Å²) in [6, 6.07) is 5.41. The minimum atomic E-state index is -0.828. The Morgan fingerprint density at radius 2 is 2.24 bits per heavy atom. The van der Waals surface area contributed by atoms with E-state index in [0.29, 0.717) is 5.92 Å². The molecule has 0 radical (unpaired) electrons. The quantitative estimate of drug-likeness (QED) is 0.881.